The molecule has 0 spiro atoms. The third kappa shape index (κ3) is 3.89. The number of carbonyl (C=O) groups excluding carboxylic acids is 2. The zero-order valence-electron chi connectivity index (χ0n) is 24.5. The third-order valence-electron chi connectivity index (χ3n) is 11.2. The van der Waals surface area contributed by atoms with Gasteiger partial charge in [0.15, 0.2) is 0 Å². The van der Waals surface area contributed by atoms with Crippen LogP contribution in [-0.2, 0) is 20.7 Å². The fraction of sp³-hybridized carbons (Fsp3) is 0.647. The number of carbonyl (C=O) groups is 2. The molecule has 1 amide bonds. The first kappa shape index (κ1) is 26.8. The van der Waals surface area contributed by atoms with Gasteiger partial charge in [-0.15, -0.1) is 6.58 Å². The Morgan fingerprint density at radius 3 is 2.51 bits per heavy atom. The Morgan fingerprint density at radius 2 is 1.85 bits per heavy atom. The Labute approximate surface area is 233 Å². The number of benzene rings is 1. The largest absolute Gasteiger partial charge is 0.490 e. The summed E-state index contributed by atoms with van der Waals surface area (Å²) >= 11 is 0. The molecule has 1 aromatic rings. The van der Waals surface area contributed by atoms with Crippen molar-refractivity contribution in [2.75, 3.05) is 6.61 Å². The van der Waals surface area contributed by atoms with Crippen LogP contribution in [0, 0.1) is 52.3 Å². The van der Waals surface area contributed by atoms with Crippen molar-refractivity contribution in [3.05, 3.63) is 54.1 Å². The highest BCUT2D eigenvalue weighted by Gasteiger charge is 2.68. The molecule has 11 atom stereocenters. The highest BCUT2D eigenvalue weighted by atomic mass is 16.5. The molecule has 210 valence electrons. The SMILES string of the molecule is C=CC1(C)C=C(C)C2C3C(Oc4ccc(cc4)CC4(OCC)CC(C(=O)N4)C(=O)C31)C1C(C)CC(C)CC21C. The van der Waals surface area contributed by atoms with Crippen molar-refractivity contribution >= 4 is 11.7 Å². The maximum atomic E-state index is 14.8. The number of ketones is 1. The van der Waals surface area contributed by atoms with Crippen LogP contribution in [0.2, 0.25) is 0 Å². The van der Waals surface area contributed by atoms with E-state index in [4.69, 9.17) is 9.47 Å². The molecule has 1 N–H and O–H groups in total. The van der Waals surface area contributed by atoms with E-state index in [0.29, 0.717) is 37.2 Å². The highest BCUT2D eigenvalue weighted by molar-refractivity contribution is 6.05. The van der Waals surface area contributed by atoms with Gasteiger partial charge in [0.2, 0.25) is 5.91 Å². The fourth-order valence-electron chi connectivity index (χ4n) is 10.4. The maximum Gasteiger partial charge on any atom is 0.232 e. The van der Waals surface area contributed by atoms with Crippen LogP contribution in [0.5, 0.6) is 5.75 Å². The van der Waals surface area contributed by atoms with Gasteiger partial charge >= 0.3 is 0 Å². The van der Waals surface area contributed by atoms with Crippen LogP contribution in [-0.4, -0.2) is 30.1 Å². The minimum atomic E-state index is -0.883. The fourth-order valence-corrected chi connectivity index (χ4v) is 10.4. The van der Waals surface area contributed by atoms with Gasteiger partial charge in [-0.2, -0.15) is 0 Å². The maximum absolute atomic E-state index is 14.8. The van der Waals surface area contributed by atoms with Crippen LogP contribution >= 0.6 is 0 Å². The molecule has 7 rings (SSSR count). The smallest absolute Gasteiger partial charge is 0.232 e. The van der Waals surface area contributed by atoms with Crippen LogP contribution in [0.15, 0.2) is 48.6 Å². The molecule has 3 aliphatic heterocycles. The average Bonchev–Trinajstić information content (AvgIpc) is 3.31. The van der Waals surface area contributed by atoms with Gasteiger partial charge in [0.1, 0.15) is 29.3 Å². The molecule has 3 heterocycles. The lowest BCUT2D eigenvalue weighted by Crippen LogP contribution is -2.50. The number of Topliss-reactive ketones (excluding diaryl/α,β-unsaturated/α-hetero) is 1. The molecule has 5 nitrogen and oxygen atoms in total. The molecule has 4 bridgehead atoms. The number of allylic oxidation sites excluding steroid dienone is 3. The predicted molar refractivity (Wildman–Crippen MR) is 152 cm³/mol. The average molecular weight is 532 g/mol. The van der Waals surface area contributed by atoms with Gasteiger partial charge in [-0.1, -0.05) is 57.6 Å². The van der Waals surface area contributed by atoms with Crippen molar-refractivity contribution in [3.8, 4) is 5.75 Å². The number of hydrogen-bond donors (Lipinski definition) is 1. The van der Waals surface area contributed by atoms with Crippen molar-refractivity contribution in [1.29, 1.82) is 0 Å². The summed E-state index contributed by atoms with van der Waals surface area (Å²) in [7, 11) is 0. The summed E-state index contributed by atoms with van der Waals surface area (Å²) in [6.45, 7) is 18.2. The summed E-state index contributed by atoms with van der Waals surface area (Å²) in [6.07, 6.45) is 7.28. The van der Waals surface area contributed by atoms with Gasteiger partial charge in [-0.05, 0) is 67.6 Å². The molecular weight excluding hydrogens is 486 g/mol. The molecule has 0 aromatic heterocycles. The zero-order chi connectivity index (χ0) is 27.9. The molecule has 1 saturated heterocycles. The van der Waals surface area contributed by atoms with E-state index in [2.05, 4.69) is 76.9 Å². The Kier molecular flexibility index (Phi) is 6.22. The van der Waals surface area contributed by atoms with Crippen molar-refractivity contribution in [2.24, 2.45) is 52.3 Å². The van der Waals surface area contributed by atoms with Gasteiger partial charge < -0.3 is 14.8 Å². The number of rotatable bonds is 3. The molecule has 5 heteroatoms. The first-order valence-electron chi connectivity index (χ1n) is 15.0. The Balaban J connectivity index is 1.57. The Bertz CT molecular complexity index is 1220. The molecular formula is C34H45NO4. The lowest BCUT2D eigenvalue weighted by molar-refractivity contribution is -0.139. The number of hydrogen-bond acceptors (Lipinski definition) is 4. The second-order valence-electron chi connectivity index (χ2n) is 14.0. The Morgan fingerprint density at radius 1 is 1.13 bits per heavy atom. The summed E-state index contributed by atoms with van der Waals surface area (Å²) in [5.41, 5.74) is 0.960. The molecule has 39 heavy (non-hydrogen) atoms. The topological polar surface area (TPSA) is 64.6 Å². The van der Waals surface area contributed by atoms with E-state index in [1.165, 1.54) is 12.0 Å². The minimum Gasteiger partial charge on any atom is -0.490 e. The lowest BCUT2D eigenvalue weighted by atomic mass is 9.53. The second-order valence-corrected chi connectivity index (χ2v) is 14.0. The van der Waals surface area contributed by atoms with Gasteiger partial charge in [0, 0.05) is 42.6 Å². The highest BCUT2D eigenvalue weighted by Crippen LogP contribution is 2.68. The van der Waals surface area contributed by atoms with E-state index in [-0.39, 0.29) is 35.0 Å². The van der Waals surface area contributed by atoms with Crippen LogP contribution in [0.25, 0.3) is 0 Å². The summed E-state index contributed by atoms with van der Waals surface area (Å²) in [5, 5.41) is 3.14. The van der Waals surface area contributed by atoms with Crippen molar-refractivity contribution < 1.29 is 19.1 Å². The lowest BCUT2D eigenvalue weighted by Gasteiger charge is -2.50. The van der Waals surface area contributed by atoms with Crippen molar-refractivity contribution in [3.63, 3.8) is 0 Å². The van der Waals surface area contributed by atoms with E-state index in [1.54, 1.807) is 0 Å². The zero-order valence-corrected chi connectivity index (χ0v) is 24.5. The molecule has 11 unspecified atom stereocenters. The molecule has 2 saturated carbocycles. The number of amides is 1. The molecule has 3 fully saturated rings. The van der Waals surface area contributed by atoms with Gasteiger partial charge in [0.05, 0.1) is 0 Å². The normalized spacial score (nSPS) is 46.6. The number of ether oxygens (including phenoxy) is 2. The number of nitrogens with one attached hydrogen (secondary N) is 1. The summed E-state index contributed by atoms with van der Waals surface area (Å²) in [5.74, 6) is 1.11. The van der Waals surface area contributed by atoms with E-state index in [1.807, 2.05) is 13.0 Å². The Hall–Kier alpha value is -2.40. The number of fused-ring (bicyclic) bond motifs is 4. The second kappa shape index (κ2) is 9.06. The standard InChI is InChI=1S/C34H45NO4/c1-8-32(6)16-21(5)26-25-28(32)29(36)24-18-34(38-9-2,35-31(24)37)17-22-10-12-23(13-11-22)39-30(25)27-20(4)14-19(3)15-33(26,27)7/h8,10-13,16,19-20,24-28,30H,1,9,14-15,17-18H2,2-7H3,(H,35,37). The summed E-state index contributed by atoms with van der Waals surface area (Å²) < 4.78 is 13.3. The molecule has 3 aliphatic carbocycles. The monoisotopic (exact) mass is 531 g/mol. The molecule has 6 aliphatic rings. The van der Waals surface area contributed by atoms with Gasteiger partial charge in [0.25, 0.3) is 0 Å². The van der Waals surface area contributed by atoms with Crippen molar-refractivity contribution in [2.45, 2.75) is 79.1 Å². The third-order valence-corrected chi connectivity index (χ3v) is 11.2. The van der Waals surface area contributed by atoms with E-state index in [9.17, 15) is 9.59 Å². The van der Waals surface area contributed by atoms with E-state index in [0.717, 1.165) is 17.7 Å². The van der Waals surface area contributed by atoms with Gasteiger partial charge in [-0.3, -0.25) is 9.59 Å². The molecule has 0 radical (unpaired) electrons. The van der Waals surface area contributed by atoms with E-state index < -0.39 is 23.0 Å². The van der Waals surface area contributed by atoms with Crippen LogP contribution in [0.1, 0.15) is 66.4 Å². The van der Waals surface area contributed by atoms with Crippen LogP contribution in [0.3, 0.4) is 0 Å². The van der Waals surface area contributed by atoms with Crippen molar-refractivity contribution in [1.82, 2.24) is 5.32 Å². The van der Waals surface area contributed by atoms with E-state index >= 15 is 0 Å². The van der Waals surface area contributed by atoms with Crippen LogP contribution < -0.4 is 10.1 Å². The molecule has 1 aromatic carbocycles. The van der Waals surface area contributed by atoms with Crippen LogP contribution in [0.4, 0.5) is 0 Å². The first-order valence-corrected chi connectivity index (χ1v) is 15.0. The summed E-state index contributed by atoms with van der Waals surface area (Å²) in [6, 6.07) is 8.31. The minimum absolute atomic E-state index is 0.0120. The quantitative estimate of drug-likeness (QED) is 0.376. The predicted octanol–water partition coefficient (Wildman–Crippen LogP) is 6.13. The summed E-state index contributed by atoms with van der Waals surface area (Å²) in [4.78, 5) is 28.5. The van der Waals surface area contributed by atoms with Gasteiger partial charge in [-0.25, -0.2) is 0 Å². The first-order chi connectivity index (χ1) is 18.4.